The van der Waals surface area contributed by atoms with Crippen LogP contribution in [0.4, 0.5) is 0 Å². The Morgan fingerprint density at radius 3 is 1.29 bits per heavy atom. The highest BCUT2D eigenvalue weighted by atomic mass is 35.5. The Morgan fingerprint density at radius 1 is 0.645 bits per heavy atom. The van der Waals surface area contributed by atoms with Gasteiger partial charge in [0.2, 0.25) is 0 Å². The molecule has 0 radical (unpaired) electrons. The highest BCUT2D eigenvalue weighted by Crippen LogP contribution is 2.47. The Kier molecular flexibility index (Phi) is 14.3. The number of halogens is 2. The fourth-order valence-corrected chi connectivity index (χ4v) is 10.5. The standard InChI is InChI=1S/2C19H26ClN5O5S/c2*1-12(16(28-3)17-21-8-13(20)9-22-17)31(26,27)11-15-23-24-18(14-10-29-6-7-30-14)25(15)19(2)4-5-19/h2*8-9,12,14,16H,4-7,10-11H2,1-3H3/t12-,14+,16-;12-,14-,16-/m00/s1. The second kappa shape index (κ2) is 19.0. The summed E-state index contributed by atoms with van der Waals surface area (Å²) in [6.07, 6.45) is 6.95. The number of ether oxygens (including phenoxy) is 6. The molecule has 0 spiro atoms. The van der Waals surface area contributed by atoms with E-state index in [4.69, 9.17) is 51.6 Å². The van der Waals surface area contributed by atoms with Crippen molar-refractivity contribution < 1.29 is 45.3 Å². The van der Waals surface area contributed by atoms with E-state index in [0.29, 0.717) is 73.0 Å². The molecule has 4 aromatic heterocycles. The minimum Gasteiger partial charge on any atom is -0.376 e. The quantitative estimate of drug-likeness (QED) is 0.154. The van der Waals surface area contributed by atoms with Gasteiger partial charge in [0.1, 0.15) is 47.6 Å². The van der Waals surface area contributed by atoms with Crippen LogP contribution in [0.3, 0.4) is 0 Å². The fourth-order valence-electron chi connectivity index (χ4n) is 7.48. The van der Waals surface area contributed by atoms with Crippen LogP contribution in [0.15, 0.2) is 24.8 Å². The van der Waals surface area contributed by atoms with Crippen molar-refractivity contribution in [3.8, 4) is 0 Å². The number of aromatic nitrogens is 10. The predicted molar refractivity (Wildman–Crippen MR) is 223 cm³/mol. The molecule has 20 nitrogen and oxygen atoms in total. The van der Waals surface area contributed by atoms with Gasteiger partial charge < -0.3 is 37.6 Å². The van der Waals surface area contributed by atoms with Crippen molar-refractivity contribution in [2.75, 3.05) is 53.9 Å². The van der Waals surface area contributed by atoms with Gasteiger partial charge in [-0.2, -0.15) is 0 Å². The first-order chi connectivity index (χ1) is 29.5. The number of hydrogen-bond acceptors (Lipinski definition) is 18. The Balaban J connectivity index is 0.000000186. The third-order valence-electron chi connectivity index (χ3n) is 11.7. The molecule has 2 saturated heterocycles. The van der Waals surface area contributed by atoms with E-state index in [1.807, 2.05) is 9.13 Å². The van der Waals surface area contributed by atoms with Crippen LogP contribution in [0.2, 0.25) is 10.0 Å². The van der Waals surface area contributed by atoms with Crippen LogP contribution >= 0.6 is 23.2 Å². The lowest BCUT2D eigenvalue weighted by Crippen LogP contribution is -2.32. The van der Waals surface area contributed by atoms with Gasteiger partial charge in [0.05, 0.1) is 60.2 Å². The van der Waals surface area contributed by atoms with Gasteiger partial charge in [-0.05, 0) is 53.4 Å². The van der Waals surface area contributed by atoms with Crippen molar-refractivity contribution in [3.05, 3.63) is 69.8 Å². The lowest BCUT2D eigenvalue weighted by molar-refractivity contribution is -0.0953. The molecule has 0 N–H and O–H groups in total. The minimum atomic E-state index is -3.69. The van der Waals surface area contributed by atoms with E-state index in [1.165, 1.54) is 39.0 Å². The van der Waals surface area contributed by atoms with E-state index in [9.17, 15) is 16.8 Å². The normalized spacial score (nSPS) is 22.8. The van der Waals surface area contributed by atoms with Gasteiger partial charge in [-0.3, -0.25) is 0 Å². The van der Waals surface area contributed by atoms with Crippen LogP contribution in [0, 0.1) is 0 Å². The summed E-state index contributed by atoms with van der Waals surface area (Å²) < 4.78 is 90.7. The number of methoxy groups -OCH3 is 2. The number of rotatable bonds is 16. The summed E-state index contributed by atoms with van der Waals surface area (Å²) in [6, 6.07) is 0. The largest absolute Gasteiger partial charge is 0.376 e. The van der Waals surface area contributed by atoms with Gasteiger partial charge in [-0.15, -0.1) is 20.4 Å². The molecule has 6 atom stereocenters. The molecule has 24 heteroatoms. The monoisotopic (exact) mass is 942 g/mol. The van der Waals surface area contributed by atoms with Gasteiger partial charge in [0, 0.05) is 50.1 Å². The average Bonchev–Trinajstić information content (AvgIpc) is 4.09. The molecule has 2 saturated carbocycles. The predicted octanol–water partition coefficient (Wildman–Crippen LogP) is 4.02. The van der Waals surface area contributed by atoms with Crippen molar-refractivity contribution in [1.29, 1.82) is 0 Å². The Hall–Kier alpha value is -3.32. The lowest BCUT2D eigenvalue weighted by atomic mass is 10.2. The highest BCUT2D eigenvalue weighted by Gasteiger charge is 2.47. The summed E-state index contributed by atoms with van der Waals surface area (Å²) in [6.45, 7) is 10.1. The molecular formula is C38H52Cl2N10O10S2. The van der Waals surface area contributed by atoms with Crippen molar-refractivity contribution in [2.45, 2.75) is 111 Å². The van der Waals surface area contributed by atoms with E-state index >= 15 is 0 Å². The smallest absolute Gasteiger partial charge is 0.165 e. The zero-order valence-electron chi connectivity index (χ0n) is 35.4. The van der Waals surface area contributed by atoms with Gasteiger partial charge in [-0.1, -0.05) is 23.2 Å². The van der Waals surface area contributed by atoms with Crippen LogP contribution in [0.5, 0.6) is 0 Å². The number of nitrogens with zero attached hydrogens (tertiary/aromatic N) is 10. The third kappa shape index (κ3) is 10.3. The second-order valence-corrected chi connectivity index (χ2v) is 21.9. The van der Waals surface area contributed by atoms with Crippen LogP contribution < -0.4 is 0 Å². The van der Waals surface area contributed by atoms with E-state index in [0.717, 1.165) is 25.7 Å². The molecule has 340 valence electrons. The Labute approximate surface area is 370 Å². The summed E-state index contributed by atoms with van der Waals surface area (Å²) in [7, 11) is -4.51. The zero-order chi connectivity index (χ0) is 44.5. The van der Waals surface area contributed by atoms with Crippen LogP contribution in [0.25, 0.3) is 0 Å². The van der Waals surface area contributed by atoms with Crippen molar-refractivity contribution in [1.82, 2.24) is 49.5 Å². The molecule has 6 heterocycles. The summed E-state index contributed by atoms with van der Waals surface area (Å²) in [5.74, 6) is 1.96. The molecule has 4 aliphatic rings. The van der Waals surface area contributed by atoms with Crippen molar-refractivity contribution >= 4 is 42.9 Å². The fraction of sp³-hybridized carbons (Fsp3) is 0.684. The molecule has 2 aliphatic heterocycles. The van der Waals surface area contributed by atoms with E-state index in [1.54, 1.807) is 13.8 Å². The first-order valence-electron chi connectivity index (χ1n) is 20.2. The van der Waals surface area contributed by atoms with Gasteiger partial charge >= 0.3 is 0 Å². The molecule has 0 aromatic carbocycles. The molecule has 4 fully saturated rings. The second-order valence-electron chi connectivity index (χ2n) is 16.3. The van der Waals surface area contributed by atoms with Gasteiger partial charge in [0.15, 0.2) is 43.0 Å². The van der Waals surface area contributed by atoms with Crippen LogP contribution in [-0.2, 0) is 70.7 Å². The van der Waals surface area contributed by atoms with E-state index in [2.05, 4.69) is 54.2 Å². The van der Waals surface area contributed by atoms with Crippen molar-refractivity contribution in [2.24, 2.45) is 0 Å². The number of sulfone groups is 2. The summed E-state index contributed by atoms with van der Waals surface area (Å²) in [5.41, 5.74) is -0.429. The maximum atomic E-state index is 13.3. The molecule has 0 amide bonds. The lowest BCUT2D eigenvalue weighted by Gasteiger charge is -2.26. The van der Waals surface area contributed by atoms with Gasteiger partial charge in [0.25, 0.3) is 0 Å². The third-order valence-corrected chi connectivity index (χ3v) is 16.2. The first kappa shape index (κ1) is 46.7. The topological polar surface area (TPSA) is 237 Å². The van der Waals surface area contributed by atoms with Crippen LogP contribution in [0.1, 0.15) is 113 Å². The summed E-state index contributed by atoms with van der Waals surface area (Å²) in [5, 5.41) is 16.0. The molecule has 2 aliphatic carbocycles. The molecule has 62 heavy (non-hydrogen) atoms. The minimum absolute atomic E-state index is 0.215. The van der Waals surface area contributed by atoms with Crippen molar-refractivity contribution in [3.63, 3.8) is 0 Å². The number of hydrogen-bond donors (Lipinski definition) is 0. The van der Waals surface area contributed by atoms with E-state index < -0.39 is 42.4 Å². The summed E-state index contributed by atoms with van der Waals surface area (Å²) in [4.78, 5) is 16.5. The maximum absolute atomic E-state index is 13.3. The van der Waals surface area contributed by atoms with E-state index in [-0.39, 0.29) is 46.4 Å². The van der Waals surface area contributed by atoms with Crippen LogP contribution in [-0.4, -0.2) is 131 Å². The maximum Gasteiger partial charge on any atom is 0.165 e. The van der Waals surface area contributed by atoms with Gasteiger partial charge in [-0.25, -0.2) is 36.8 Å². The average molecular weight is 944 g/mol. The summed E-state index contributed by atoms with van der Waals surface area (Å²) >= 11 is 11.7. The molecular weight excluding hydrogens is 892 g/mol. The SMILES string of the molecule is CO[C@H](c1ncc(Cl)cn1)[C@H](C)S(=O)(=O)Cc1nnc([C@@H]2COCCO2)n1C1(C)CC1.CO[C@H](c1ncc(Cl)cn1)[C@H](C)S(=O)(=O)Cc1nnc([C@H]2COCCO2)n1C1(C)CC1. The highest BCUT2D eigenvalue weighted by molar-refractivity contribution is 7.91. The molecule has 0 bridgehead atoms. The molecule has 0 unspecified atom stereocenters. The zero-order valence-corrected chi connectivity index (χ0v) is 38.5. The Morgan fingerprint density at radius 2 is 1.00 bits per heavy atom. The first-order valence-corrected chi connectivity index (χ1v) is 24.4. The molecule has 4 aromatic rings. The Bertz CT molecular complexity index is 2200. The molecule has 8 rings (SSSR count).